The molecule has 15 heavy (non-hydrogen) atoms. The highest BCUT2D eigenvalue weighted by Gasteiger charge is 2.31. The third-order valence-corrected chi connectivity index (χ3v) is 3.22. The van der Waals surface area contributed by atoms with Crippen molar-refractivity contribution in [2.75, 3.05) is 13.1 Å². The molecule has 0 spiro atoms. The number of carbonyl (C=O) groups is 1. The first-order valence-electron chi connectivity index (χ1n) is 5.50. The van der Waals surface area contributed by atoms with Crippen molar-refractivity contribution in [2.24, 2.45) is 0 Å². The topological polar surface area (TPSA) is 40.5 Å². The lowest BCUT2D eigenvalue weighted by atomic mass is 9.92. The molecule has 1 atom stereocenters. The number of hydrogen-bond acceptors (Lipinski definition) is 3. The Morgan fingerprint density at radius 2 is 1.93 bits per heavy atom. The van der Waals surface area contributed by atoms with E-state index < -0.39 is 5.60 Å². The fraction of sp³-hybridized carbons (Fsp3) is 0.750. The largest absolute Gasteiger partial charge is 0.390 e. The molecule has 0 aromatic carbocycles. The van der Waals surface area contributed by atoms with Crippen LogP contribution in [0.2, 0.25) is 0 Å². The Bertz CT molecular complexity index is 261. The minimum Gasteiger partial charge on any atom is -0.390 e. The summed E-state index contributed by atoms with van der Waals surface area (Å²) in [6.07, 6.45) is 1.47. The van der Waals surface area contributed by atoms with Gasteiger partial charge >= 0.3 is 0 Å². The van der Waals surface area contributed by atoms with Gasteiger partial charge in [-0.2, -0.15) is 0 Å². The van der Waals surface area contributed by atoms with Gasteiger partial charge < -0.3 is 5.11 Å². The van der Waals surface area contributed by atoms with Crippen LogP contribution in [0.25, 0.3) is 0 Å². The highest BCUT2D eigenvalue weighted by molar-refractivity contribution is 5.98. The molecule has 0 aliphatic carbocycles. The fourth-order valence-corrected chi connectivity index (χ4v) is 1.92. The molecular formula is C12H21NO2. The molecule has 1 aliphatic heterocycles. The lowest BCUT2D eigenvalue weighted by molar-refractivity contribution is -0.121. The van der Waals surface area contributed by atoms with E-state index >= 15 is 0 Å². The maximum atomic E-state index is 11.7. The lowest BCUT2D eigenvalue weighted by Crippen LogP contribution is -2.48. The van der Waals surface area contributed by atoms with E-state index in [2.05, 4.69) is 11.5 Å². The van der Waals surface area contributed by atoms with E-state index in [1.54, 1.807) is 6.92 Å². The first-order chi connectivity index (χ1) is 6.83. The zero-order valence-electron chi connectivity index (χ0n) is 9.92. The summed E-state index contributed by atoms with van der Waals surface area (Å²) in [4.78, 5) is 13.8. The van der Waals surface area contributed by atoms with Crippen molar-refractivity contribution in [1.82, 2.24) is 4.90 Å². The van der Waals surface area contributed by atoms with Gasteiger partial charge in [-0.15, -0.1) is 0 Å². The molecule has 1 N–H and O–H groups in total. The zero-order valence-corrected chi connectivity index (χ0v) is 9.92. The third-order valence-electron chi connectivity index (χ3n) is 3.22. The highest BCUT2D eigenvalue weighted by Crippen LogP contribution is 2.23. The Hall–Kier alpha value is -0.670. The van der Waals surface area contributed by atoms with Crippen LogP contribution >= 0.6 is 0 Å². The van der Waals surface area contributed by atoms with E-state index in [0.29, 0.717) is 5.57 Å². The highest BCUT2D eigenvalue weighted by atomic mass is 16.3. The number of carbonyl (C=O) groups excluding carboxylic acids is 1. The monoisotopic (exact) mass is 211 g/mol. The summed E-state index contributed by atoms with van der Waals surface area (Å²) < 4.78 is 0. The van der Waals surface area contributed by atoms with Crippen molar-refractivity contribution in [3.8, 4) is 0 Å². The Kier molecular flexibility index (Phi) is 3.68. The van der Waals surface area contributed by atoms with E-state index in [1.165, 1.54) is 0 Å². The minimum absolute atomic E-state index is 0.0985. The van der Waals surface area contributed by atoms with Crippen LogP contribution in [-0.2, 0) is 4.79 Å². The Balaban J connectivity index is 2.53. The Labute approximate surface area is 91.8 Å². The standard InChI is InChI=1S/C12H21NO2/c1-9(2)11(14)10(3)13-7-5-12(4,15)6-8-13/h10,15H,1,5-8H2,2-4H3. The summed E-state index contributed by atoms with van der Waals surface area (Å²) in [5.74, 6) is 0.108. The summed E-state index contributed by atoms with van der Waals surface area (Å²) in [5, 5.41) is 9.79. The molecule has 1 unspecified atom stereocenters. The summed E-state index contributed by atoms with van der Waals surface area (Å²) in [6.45, 7) is 10.8. The van der Waals surface area contributed by atoms with Gasteiger partial charge in [0, 0.05) is 13.1 Å². The van der Waals surface area contributed by atoms with Gasteiger partial charge in [-0.05, 0) is 39.2 Å². The van der Waals surface area contributed by atoms with Crippen molar-refractivity contribution in [2.45, 2.75) is 45.3 Å². The van der Waals surface area contributed by atoms with E-state index in [0.717, 1.165) is 25.9 Å². The van der Waals surface area contributed by atoms with Crippen LogP contribution in [0.5, 0.6) is 0 Å². The molecule has 1 heterocycles. The molecule has 0 aromatic rings. The first kappa shape index (κ1) is 12.4. The van der Waals surface area contributed by atoms with Crippen LogP contribution in [0.15, 0.2) is 12.2 Å². The maximum absolute atomic E-state index is 11.7. The number of aliphatic hydroxyl groups is 1. The summed E-state index contributed by atoms with van der Waals surface area (Å²) in [5.41, 5.74) is 0.0579. The molecule has 86 valence electrons. The number of hydrogen-bond donors (Lipinski definition) is 1. The van der Waals surface area contributed by atoms with Gasteiger partial charge in [-0.3, -0.25) is 9.69 Å². The van der Waals surface area contributed by atoms with E-state index in [4.69, 9.17) is 0 Å². The zero-order chi connectivity index (χ0) is 11.6. The molecule has 0 amide bonds. The number of ketones is 1. The van der Waals surface area contributed by atoms with Gasteiger partial charge in [-0.25, -0.2) is 0 Å². The Morgan fingerprint density at radius 1 is 1.47 bits per heavy atom. The number of rotatable bonds is 3. The summed E-state index contributed by atoms with van der Waals surface area (Å²) in [6, 6.07) is -0.0985. The van der Waals surface area contributed by atoms with Gasteiger partial charge in [0.2, 0.25) is 0 Å². The number of Topliss-reactive ketones (excluding diaryl/α,β-unsaturated/α-hetero) is 1. The van der Waals surface area contributed by atoms with Crippen LogP contribution in [0.3, 0.4) is 0 Å². The molecule has 0 radical (unpaired) electrons. The predicted octanol–water partition coefficient (Wildman–Crippen LogP) is 1.37. The quantitative estimate of drug-likeness (QED) is 0.717. The van der Waals surface area contributed by atoms with E-state index in [1.807, 2.05) is 13.8 Å². The van der Waals surface area contributed by atoms with Gasteiger partial charge in [0.05, 0.1) is 11.6 Å². The van der Waals surface area contributed by atoms with Gasteiger partial charge in [0.25, 0.3) is 0 Å². The van der Waals surface area contributed by atoms with Crippen molar-refractivity contribution in [3.05, 3.63) is 12.2 Å². The molecule has 1 rings (SSSR count). The number of nitrogens with zero attached hydrogens (tertiary/aromatic N) is 1. The van der Waals surface area contributed by atoms with Crippen LogP contribution in [-0.4, -0.2) is 40.5 Å². The summed E-state index contributed by atoms with van der Waals surface area (Å²) >= 11 is 0. The third kappa shape index (κ3) is 3.14. The van der Waals surface area contributed by atoms with E-state index in [-0.39, 0.29) is 11.8 Å². The minimum atomic E-state index is -0.553. The Morgan fingerprint density at radius 3 is 2.33 bits per heavy atom. The lowest BCUT2D eigenvalue weighted by Gasteiger charge is -2.38. The van der Waals surface area contributed by atoms with Crippen molar-refractivity contribution >= 4 is 5.78 Å². The van der Waals surface area contributed by atoms with Crippen LogP contribution in [0.1, 0.15) is 33.6 Å². The van der Waals surface area contributed by atoms with Crippen LogP contribution in [0, 0.1) is 0 Å². The predicted molar refractivity (Wildman–Crippen MR) is 60.7 cm³/mol. The smallest absolute Gasteiger partial charge is 0.174 e. The maximum Gasteiger partial charge on any atom is 0.174 e. The first-order valence-corrected chi connectivity index (χ1v) is 5.50. The molecule has 3 nitrogen and oxygen atoms in total. The number of likely N-dealkylation sites (tertiary alicyclic amines) is 1. The van der Waals surface area contributed by atoms with Crippen molar-refractivity contribution in [3.63, 3.8) is 0 Å². The van der Waals surface area contributed by atoms with Crippen LogP contribution in [0.4, 0.5) is 0 Å². The summed E-state index contributed by atoms with van der Waals surface area (Å²) in [7, 11) is 0. The number of piperidine rings is 1. The van der Waals surface area contributed by atoms with E-state index in [9.17, 15) is 9.90 Å². The SMILES string of the molecule is C=C(C)C(=O)C(C)N1CCC(C)(O)CC1. The van der Waals surface area contributed by atoms with Gasteiger partial charge in [-0.1, -0.05) is 6.58 Å². The average molecular weight is 211 g/mol. The molecule has 0 bridgehead atoms. The van der Waals surface area contributed by atoms with Crippen molar-refractivity contribution < 1.29 is 9.90 Å². The molecule has 0 aromatic heterocycles. The molecular weight excluding hydrogens is 190 g/mol. The second kappa shape index (κ2) is 4.45. The molecule has 1 aliphatic rings. The molecule has 0 saturated carbocycles. The normalized spacial score (nSPS) is 23.5. The van der Waals surface area contributed by atoms with Gasteiger partial charge in [0.15, 0.2) is 5.78 Å². The average Bonchev–Trinajstić information content (AvgIpc) is 2.15. The fourth-order valence-electron chi connectivity index (χ4n) is 1.92. The molecule has 1 fully saturated rings. The molecule has 1 saturated heterocycles. The van der Waals surface area contributed by atoms with Crippen molar-refractivity contribution in [1.29, 1.82) is 0 Å². The second-order valence-corrected chi connectivity index (χ2v) is 4.85. The second-order valence-electron chi connectivity index (χ2n) is 4.85. The van der Waals surface area contributed by atoms with Crippen LogP contribution < -0.4 is 0 Å². The van der Waals surface area contributed by atoms with Gasteiger partial charge in [0.1, 0.15) is 0 Å². The molecule has 3 heteroatoms.